The molecule has 2 aliphatic rings. The van der Waals surface area contributed by atoms with Gasteiger partial charge >= 0.3 is 0 Å². The Kier molecular flexibility index (Phi) is 8.45. The van der Waals surface area contributed by atoms with Crippen LogP contribution >= 0.6 is 0 Å². The van der Waals surface area contributed by atoms with E-state index in [1.165, 1.54) is 0 Å². The van der Waals surface area contributed by atoms with E-state index >= 15 is 0 Å². The molecule has 7 heteroatoms. The van der Waals surface area contributed by atoms with Gasteiger partial charge in [-0.2, -0.15) is 0 Å². The summed E-state index contributed by atoms with van der Waals surface area (Å²) < 4.78 is 0. The normalized spacial score (nSPS) is 26.7. The van der Waals surface area contributed by atoms with Crippen LogP contribution in [-0.4, -0.2) is 54.0 Å². The highest BCUT2D eigenvalue weighted by atomic mass is 16.3. The molecule has 1 aliphatic heterocycles. The van der Waals surface area contributed by atoms with Crippen molar-refractivity contribution in [1.82, 2.24) is 15.5 Å². The zero-order chi connectivity index (χ0) is 23.1. The Morgan fingerprint density at radius 1 is 1.09 bits per heavy atom. The van der Waals surface area contributed by atoms with Crippen molar-refractivity contribution in [2.45, 2.75) is 45.2 Å². The van der Waals surface area contributed by atoms with Crippen molar-refractivity contribution < 1.29 is 19.5 Å². The summed E-state index contributed by atoms with van der Waals surface area (Å²) in [6.45, 7) is 2.88. The van der Waals surface area contributed by atoms with E-state index in [2.05, 4.69) is 17.6 Å². The first-order valence-electron chi connectivity index (χ1n) is 11.7. The molecule has 7 nitrogen and oxygen atoms in total. The molecule has 1 aliphatic carbocycles. The van der Waals surface area contributed by atoms with E-state index in [1.54, 1.807) is 11.9 Å². The van der Waals surface area contributed by atoms with Crippen molar-refractivity contribution in [2.75, 3.05) is 20.2 Å². The summed E-state index contributed by atoms with van der Waals surface area (Å²) in [6, 6.07) is 9.00. The van der Waals surface area contributed by atoms with Crippen molar-refractivity contribution in [2.24, 2.45) is 23.7 Å². The van der Waals surface area contributed by atoms with Crippen LogP contribution in [-0.2, 0) is 20.9 Å². The van der Waals surface area contributed by atoms with Crippen LogP contribution in [0.15, 0.2) is 42.5 Å². The minimum absolute atomic E-state index is 0.0180. The van der Waals surface area contributed by atoms with E-state index in [0.717, 1.165) is 18.4 Å². The Hall–Kier alpha value is -2.67. The van der Waals surface area contributed by atoms with Crippen LogP contribution in [0.5, 0.6) is 0 Å². The van der Waals surface area contributed by atoms with E-state index in [1.807, 2.05) is 42.5 Å². The second-order valence-electron chi connectivity index (χ2n) is 8.69. The smallest absolute Gasteiger partial charge is 0.243 e. The predicted octanol–water partition coefficient (Wildman–Crippen LogP) is 1.87. The highest BCUT2D eigenvalue weighted by molar-refractivity contribution is 5.96. The first kappa shape index (κ1) is 24.0. The highest BCUT2D eigenvalue weighted by Gasteiger charge is 2.56. The van der Waals surface area contributed by atoms with Crippen LogP contribution in [0.1, 0.15) is 38.2 Å². The average Bonchev–Trinajstić information content (AvgIpc) is 3.09. The van der Waals surface area contributed by atoms with Gasteiger partial charge in [0.2, 0.25) is 17.7 Å². The number of fused-ring (bicyclic) bond motifs is 1. The molecule has 3 N–H and O–H groups in total. The largest absolute Gasteiger partial charge is 0.396 e. The molecule has 1 aromatic rings. The van der Waals surface area contributed by atoms with E-state index in [9.17, 15) is 19.5 Å². The third kappa shape index (κ3) is 5.04. The quantitative estimate of drug-likeness (QED) is 0.381. The number of allylic oxidation sites excluding steroid dienone is 1. The molecule has 1 aromatic carbocycles. The molecule has 1 fully saturated rings. The summed E-state index contributed by atoms with van der Waals surface area (Å²) in [5.74, 6) is -1.86. The topological polar surface area (TPSA) is 98.7 Å². The summed E-state index contributed by atoms with van der Waals surface area (Å²) >= 11 is 0. The number of aliphatic hydroxyl groups is 1. The summed E-state index contributed by atoms with van der Waals surface area (Å²) in [7, 11) is 1.60. The lowest BCUT2D eigenvalue weighted by Gasteiger charge is -2.34. The van der Waals surface area contributed by atoms with Gasteiger partial charge in [0.05, 0.1) is 11.8 Å². The van der Waals surface area contributed by atoms with Gasteiger partial charge in [0.1, 0.15) is 6.04 Å². The molecule has 174 valence electrons. The fourth-order valence-electron chi connectivity index (χ4n) is 5.15. The minimum atomic E-state index is -0.652. The van der Waals surface area contributed by atoms with Crippen molar-refractivity contribution in [1.29, 1.82) is 0 Å². The summed E-state index contributed by atoms with van der Waals surface area (Å²) in [5.41, 5.74) is 0.985. The molecule has 32 heavy (non-hydrogen) atoms. The zero-order valence-electron chi connectivity index (χ0n) is 19.0. The van der Waals surface area contributed by atoms with Crippen molar-refractivity contribution >= 4 is 17.7 Å². The maximum Gasteiger partial charge on any atom is 0.243 e. The number of amides is 3. The van der Waals surface area contributed by atoms with Gasteiger partial charge in [-0.1, -0.05) is 55.8 Å². The number of likely N-dealkylation sites (tertiary alicyclic amines) is 1. The first-order chi connectivity index (χ1) is 15.5. The van der Waals surface area contributed by atoms with Gasteiger partial charge < -0.3 is 20.6 Å². The Balaban J connectivity index is 1.88. The molecule has 3 amide bonds. The van der Waals surface area contributed by atoms with Crippen LogP contribution < -0.4 is 10.6 Å². The average molecular weight is 442 g/mol. The van der Waals surface area contributed by atoms with Crippen LogP contribution in [0, 0.1) is 23.7 Å². The third-order valence-electron chi connectivity index (χ3n) is 6.67. The Bertz CT molecular complexity index is 826. The van der Waals surface area contributed by atoms with Crippen LogP contribution in [0.25, 0.3) is 0 Å². The number of carbonyl (C=O) groups is 3. The lowest BCUT2D eigenvalue weighted by molar-refractivity contribution is -0.140. The second-order valence-corrected chi connectivity index (χ2v) is 8.69. The fraction of sp³-hybridized carbons (Fsp3) is 0.560. The molecule has 0 aromatic heterocycles. The van der Waals surface area contributed by atoms with Crippen molar-refractivity contribution in [3.05, 3.63) is 48.0 Å². The van der Waals surface area contributed by atoms with Crippen LogP contribution in [0.3, 0.4) is 0 Å². The molecule has 1 heterocycles. The van der Waals surface area contributed by atoms with Gasteiger partial charge in [-0.05, 0) is 30.7 Å². The van der Waals surface area contributed by atoms with Crippen molar-refractivity contribution in [3.8, 4) is 0 Å². The monoisotopic (exact) mass is 441 g/mol. The fourth-order valence-corrected chi connectivity index (χ4v) is 5.15. The lowest BCUT2D eigenvalue weighted by atomic mass is 9.68. The molecule has 0 unspecified atom stereocenters. The summed E-state index contributed by atoms with van der Waals surface area (Å²) in [4.78, 5) is 41.4. The number of nitrogens with zero attached hydrogens (tertiary/aromatic N) is 1. The standard InChI is InChI=1S/C25H35N3O4/c1-3-9-18-12-13-19-21(20(18)23(30)26-2)25(32)28(14-7-8-15-29)22(19)24(31)27-16-17-10-5-4-6-11-17/h4-6,10-13,18-22,29H,3,7-9,14-16H2,1-2H3,(H,26,30)(H,27,31)/t18-,19+,20-,21+,22+/m1/s1. The maximum absolute atomic E-state index is 13.6. The number of unbranched alkanes of at least 4 members (excludes halogenated alkanes) is 1. The molecular weight excluding hydrogens is 406 g/mol. The van der Waals surface area contributed by atoms with E-state index in [-0.39, 0.29) is 36.2 Å². The van der Waals surface area contributed by atoms with Crippen LogP contribution in [0.4, 0.5) is 0 Å². The van der Waals surface area contributed by atoms with E-state index < -0.39 is 17.9 Å². The van der Waals surface area contributed by atoms with Gasteiger partial charge in [0.15, 0.2) is 0 Å². The minimum Gasteiger partial charge on any atom is -0.396 e. The number of aliphatic hydroxyl groups excluding tert-OH is 1. The molecule has 0 bridgehead atoms. The van der Waals surface area contributed by atoms with Gasteiger partial charge in [0.25, 0.3) is 0 Å². The SMILES string of the molecule is CCC[C@@H]1C=C[C@H]2[C@H](C(=O)N(CCCCO)[C@@H]2C(=O)NCc2ccccc2)[C@@H]1C(=O)NC. The predicted molar refractivity (Wildman–Crippen MR) is 122 cm³/mol. The summed E-state index contributed by atoms with van der Waals surface area (Å²) in [6.07, 6.45) is 6.92. The van der Waals surface area contributed by atoms with Crippen molar-refractivity contribution in [3.63, 3.8) is 0 Å². The van der Waals surface area contributed by atoms with E-state index in [0.29, 0.717) is 25.9 Å². The van der Waals surface area contributed by atoms with Gasteiger partial charge in [-0.15, -0.1) is 0 Å². The molecule has 0 radical (unpaired) electrons. The van der Waals surface area contributed by atoms with E-state index in [4.69, 9.17) is 0 Å². The molecular formula is C25H35N3O4. The number of rotatable bonds is 10. The van der Waals surface area contributed by atoms with Crippen LogP contribution in [0.2, 0.25) is 0 Å². The maximum atomic E-state index is 13.6. The number of carbonyl (C=O) groups excluding carboxylic acids is 3. The second kappa shape index (κ2) is 11.3. The number of hydrogen-bond acceptors (Lipinski definition) is 4. The zero-order valence-corrected chi connectivity index (χ0v) is 19.0. The number of benzene rings is 1. The Labute approximate surface area is 190 Å². The molecule has 0 saturated carbocycles. The molecule has 5 atom stereocenters. The highest BCUT2D eigenvalue weighted by Crippen LogP contribution is 2.45. The van der Waals surface area contributed by atoms with Gasteiger partial charge in [0, 0.05) is 32.7 Å². The summed E-state index contributed by atoms with van der Waals surface area (Å²) in [5, 5.41) is 14.9. The Morgan fingerprint density at radius 3 is 2.50 bits per heavy atom. The van der Waals surface area contributed by atoms with Gasteiger partial charge in [-0.25, -0.2) is 0 Å². The van der Waals surface area contributed by atoms with Gasteiger partial charge in [-0.3, -0.25) is 14.4 Å². The molecule has 0 spiro atoms. The number of nitrogens with one attached hydrogen (secondary N) is 2. The lowest BCUT2D eigenvalue weighted by Crippen LogP contribution is -2.47. The number of hydrogen-bond donors (Lipinski definition) is 3. The Morgan fingerprint density at radius 2 is 1.84 bits per heavy atom. The first-order valence-corrected chi connectivity index (χ1v) is 11.7. The molecule has 3 rings (SSSR count). The third-order valence-corrected chi connectivity index (χ3v) is 6.67. The molecule has 1 saturated heterocycles.